The predicted octanol–water partition coefficient (Wildman–Crippen LogP) is 1.53. The van der Waals surface area contributed by atoms with Gasteiger partial charge in [-0.15, -0.1) is 0 Å². The maximum absolute atomic E-state index is 8.39. The Bertz CT molecular complexity index is 88.6. The predicted molar refractivity (Wildman–Crippen MR) is 50.1 cm³/mol. The minimum atomic E-state index is 0.125. The molecule has 0 atom stereocenters. The molecule has 11 heavy (non-hydrogen) atoms. The van der Waals surface area contributed by atoms with E-state index in [9.17, 15) is 0 Å². The van der Waals surface area contributed by atoms with E-state index in [4.69, 9.17) is 9.84 Å². The normalized spacial score (nSPS) is 12.0. The third-order valence-corrected chi connectivity index (χ3v) is 2.24. The molecule has 0 bridgehead atoms. The van der Waals surface area contributed by atoms with Crippen LogP contribution in [0.1, 0.15) is 20.8 Å². The van der Waals surface area contributed by atoms with E-state index in [1.165, 1.54) is 0 Å². The largest absolute Gasteiger partial charge is 0.394 e. The second kappa shape index (κ2) is 5.86. The summed E-state index contributed by atoms with van der Waals surface area (Å²) in [5, 5.41) is 8.39. The van der Waals surface area contributed by atoms with Crippen LogP contribution in [-0.2, 0) is 4.74 Å². The molecule has 0 unspecified atom stereocenters. The van der Waals surface area contributed by atoms with Crippen LogP contribution in [0.2, 0.25) is 0 Å². The molecule has 3 heteroatoms. The Morgan fingerprint density at radius 2 is 1.91 bits per heavy atom. The number of rotatable bonds is 5. The van der Waals surface area contributed by atoms with Crippen LogP contribution >= 0.6 is 11.8 Å². The standard InChI is InChI=1S/C8H18O2S/c1-8(2,3)11-7-6-10-5-4-9/h9H,4-7H2,1-3H3. The van der Waals surface area contributed by atoms with Crippen molar-refractivity contribution in [1.29, 1.82) is 0 Å². The molecule has 0 rings (SSSR count). The number of aliphatic hydroxyl groups is 1. The number of thioether (sulfide) groups is 1. The van der Waals surface area contributed by atoms with Gasteiger partial charge in [-0.1, -0.05) is 20.8 Å². The van der Waals surface area contributed by atoms with Gasteiger partial charge in [-0.3, -0.25) is 0 Å². The Morgan fingerprint density at radius 3 is 2.36 bits per heavy atom. The van der Waals surface area contributed by atoms with Crippen LogP contribution in [0.3, 0.4) is 0 Å². The summed E-state index contributed by atoms with van der Waals surface area (Å²) in [6.45, 7) is 7.88. The van der Waals surface area contributed by atoms with Crippen molar-refractivity contribution in [3.05, 3.63) is 0 Å². The zero-order valence-electron chi connectivity index (χ0n) is 7.59. The summed E-state index contributed by atoms with van der Waals surface area (Å²) in [5.74, 6) is 1.00. The molecule has 1 N–H and O–H groups in total. The van der Waals surface area contributed by atoms with E-state index in [0.29, 0.717) is 11.4 Å². The van der Waals surface area contributed by atoms with E-state index in [1.54, 1.807) is 0 Å². The van der Waals surface area contributed by atoms with Crippen LogP contribution in [-0.4, -0.2) is 35.4 Å². The summed E-state index contributed by atoms with van der Waals surface area (Å²) in [5.41, 5.74) is 0. The fraction of sp³-hybridized carbons (Fsp3) is 1.00. The molecule has 0 aliphatic heterocycles. The molecule has 0 aromatic heterocycles. The van der Waals surface area contributed by atoms with Gasteiger partial charge in [0.1, 0.15) is 0 Å². The summed E-state index contributed by atoms with van der Waals surface area (Å²) in [7, 11) is 0. The Balaban J connectivity index is 3.02. The zero-order chi connectivity index (χ0) is 8.74. The molecule has 0 aliphatic rings. The minimum absolute atomic E-state index is 0.125. The smallest absolute Gasteiger partial charge is 0.0698 e. The van der Waals surface area contributed by atoms with E-state index in [-0.39, 0.29) is 6.61 Å². The van der Waals surface area contributed by atoms with Crippen molar-refractivity contribution in [1.82, 2.24) is 0 Å². The summed E-state index contributed by atoms with van der Waals surface area (Å²) < 4.78 is 5.43. The molecule has 0 fully saturated rings. The van der Waals surface area contributed by atoms with E-state index >= 15 is 0 Å². The SMILES string of the molecule is CC(C)(C)SCCOCCO. The van der Waals surface area contributed by atoms with Crippen molar-refractivity contribution >= 4 is 11.8 Å². The van der Waals surface area contributed by atoms with Crippen molar-refractivity contribution in [2.45, 2.75) is 25.5 Å². The molecular formula is C8H18O2S. The first kappa shape index (κ1) is 11.3. The number of hydrogen-bond acceptors (Lipinski definition) is 3. The van der Waals surface area contributed by atoms with Gasteiger partial charge in [0.15, 0.2) is 0 Å². The molecule has 0 radical (unpaired) electrons. The first-order valence-electron chi connectivity index (χ1n) is 3.89. The highest BCUT2D eigenvalue weighted by Crippen LogP contribution is 2.22. The summed E-state index contributed by atoms with van der Waals surface area (Å²) in [6, 6.07) is 0. The van der Waals surface area contributed by atoms with Crippen LogP contribution in [0.25, 0.3) is 0 Å². The molecule has 0 saturated heterocycles. The van der Waals surface area contributed by atoms with Gasteiger partial charge in [-0.05, 0) is 0 Å². The van der Waals surface area contributed by atoms with Gasteiger partial charge >= 0.3 is 0 Å². The molecule has 0 aromatic carbocycles. The van der Waals surface area contributed by atoms with Gasteiger partial charge in [-0.25, -0.2) is 0 Å². The minimum Gasteiger partial charge on any atom is -0.394 e. The highest BCUT2D eigenvalue weighted by Gasteiger charge is 2.08. The van der Waals surface area contributed by atoms with E-state index in [0.717, 1.165) is 12.4 Å². The van der Waals surface area contributed by atoms with Gasteiger partial charge in [-0.2, -0.15) is 11.8 Å². The Hall–Kier alpha value is 0.270. The average Bonchev–Trinajstić information content (AvgIpc) is 1.85. The Morgan fingerprint density at radius 1 is 1.27 bits per heavy atom. The maximum Gasteiger partial charge on any atom is 0.0698 e. The van der Waals surface area contributed by atoms with E-state index in [1.807, 2.05) is 11.8 Å². The summed E-state index contributed by atoms with van der Waals surface area (Å²) >= 11 is 1.88. The monoisotopic (exact) mass is 178 g/mol. The lowest BCUT2D eigenvalue weighted by Crippen LogP contribution is -2.11. The molecule has 0 aliphatic carbocycles. The molecule has 0 saturated carbocycles. The third-order valence-electron chi connectivity index (χ3n) is 0.998. The second-order valence-corrected chi connectivity index (χ2v) is 5.22. The highest BCUT2D eigenvalue weighted by molar-refractivity contribution is 8.00. The van der Waals surface area contributed by atoms with Gasteiger partial charge in [0.2, 0.25) is 0 Å². The fourth-order valence-corrected chi connectivity index (χ4v) is 1.39. The Kier molecular flexibility index (Phi) is 6.01. The molecule has 68 valence electrons. The van der Waals surface area contributed by atoms with Crippen molar-refractivity contribution in [3.8, 4) is 0 Å². The molecular weight excluding hydrogens is 160 g/mol. The number of aliphatic hydroxyl groups excluding tert-OH is 1. The number of hydrogen-bond donors (Lipinski definition) is 1. The number of ether oxygens (including phenoxy) is 1. The van der Waals surface area contributed by atoms with Crippen LogP contribution in [0, 0.1) is 0 Å². The first-order chi connectivity index (χ1) is 5.06. The van der Waals surface area contributed by atoms with Gasteiger partial charge in [0.05, 0.1) is 19.8 Å². The van der Waals surface area contributed by atoms with Crippen molar-refractivity contribution in [2.24, 2.45) is 0 Å². The molecule has 2 nitrogen and oxygen atoms in total. The van der Waals surface area contributed by atoms with E-state index in [2.05, 4.69) is 20.8 Å². The van der Waals surface area contributed by atoms with Crippen LogP contribution in [0.5, 0.6) is 0 Å². The second-order valence-electron chi connectivity index (χ2n) is 3.30. The van der Waals surface area contributed by atoms with E-state index < -0.39 is 0 Å². The van der Waals surface area contributed by atoms with Crippen molar-refractivity contribution < 1.29 is 9.84 Å². The van der Waals surface area contributed by atoms with Crippen LogP contribution in [0.15, 0.2) is 0 Å². The van der Waals surface area contributed by atoms with Crippen molar-refractivity contribution in [2.75, 3.05) is 25.6 Å². The average molecular weight is 178 g/mol. The first-order valence-corrected chi connectivity index (χ1v) is 4.87. The quantitative estimate of drug-likeness (QED) is 0.647. The lowest BCUT2D eigenvalue weighted by molar-refractivity contribution is 0.103. The lowest BCUT2D eigenvalue weighted by atomic mass is 10.3. The van der Waals surface area contributed by atoms with Gasteiger partial charge < -0.3 is 9.84 Å². The lowest BCUT2D eigenvalue weighted by Gasteiger charge is -2.16. The van der Waals surface area contributed by atoms with Gasteiger partial charge in [0.25, 0.3) is 0 Å². The third kappa shape index (κ3) is 10.3. The molecule has 0 spiro atoms. The molecule has 0 heterocycles. The molecule has 0 amide bonds. The zero-order valence-corrected chi connectivity index (χ0v) is 8.41. The summed E-state index contributed by atoms with van der Waals surface area (Å²) in [6.07, 6.45) is 0. The Labute approximate surface area is 73.3 Å². The van der Waals surface area contributed by atoms with Crippen LogP contribution < -0.4 is 0 Å². The topological polar surface area (TPSA) is 29.5 Å². The maximum atomic E-state index is 8.39. The highest BCUT2D eigenvalue weighted by atomic mass is 32.2. The summed E-state index contributed by atoms with van der Waals surface area (Å²) in [4.78, 5) is 0. The van der Waals surface area contributed by atoms with Crippen molar-refractivity contribution in [3.63, 3.8) is 0 Å². The van der Waals surface area contributed by atoms with Crippen LogP contribution in [0.4, 0.5) is 0 Å². The fourth-order valence-electron chi connectivity index (χ4n) is 0.573. The van der Waals surface area contributed by atoms with Gasteiger partial charge in [0, 0.05) is 10.5 Å². The molecule has 0 aromatic rings.